The number of aryl methyl sites for hydroxylation is 1. The fourth-order valence-corrected chi connectivity index (χ4v) is 4.96. The number of carbonyl (C=O) groups is 2. The highest BCUT2D eigenvalue weighted by Crippen LogP contribution is 2.30. The van der Waals surface area contributed by atoms with Gasteiger partial charge in [-0.1, -0.05) is 35.0 Å². The summed E-state index contributed by atoms with van der Waals surface area (Å²) < 4.78 is 10.8. The van der Waals surface area contributed by atoms with Gasteiger partial charge in [0.2, 0.25) is 0 Å². The second-order valence-electron chi connectivity index (χ2n) is 7.55. The lowest BCUT2D eigenvalue weighted by molar-refractivity contribution is 0.0516. The molecule has 0 unspecified atom stereocenters. The van der Waals surface area contributed by atoms with Gasteiger partial charge in [0.05, 0.1) is 35.0 Å². The number of halogens is 1. The van der Waals surface area contributed by atoms with Crippen LogP contribution in [0.3, 0.4) is 0 Å². The average molecular weight is 513 g/mol. The normalized spacial score (nSPS) is 18.6. The van der Waals surface area contributed by atoms with E-state index in [1.54, 1.807) is 21.0 Å². The number of thiazole rings is 1. The van der Waals surface area contributed by atoms with Crippen molar-refractivity contribution in [2.24, 2.45) is 5.16 Å². The van der Waals surface area contributed by atoms with Gasteiger partial charge in [0.25, 0.3) is 5.91 Å². The van der Waals surface area contributed by atoms with Crippen molar-refractivity contribution in [3.63, 3.8) is 0 Å². The Morgan fingerprint density at radius 2 is 2.09 bits per heavy atom. The molecule has 1 fully saturated rings. The number of carbonyl (C=O) groups excluding carboxylic acids is 2. The minimum absolute atomic E-state index is 0.177. The van der Waals surface area contributed by atoms with E-state index in [2.05, 4.69) is 25.4 Å². The molecule has 186 valence electrons. The molecule has 11 nitrogen and oxygen atoms in total. The second-order valence-corrected chi connectivity index (χ2v) is 8.89. The highest BCUT2D eigenvalue weighted by Gasteiger charge is 2.34. The van der Waals surface area contributed by atoms with E-state index in [0.29, 0.717) is 52.5 Å². The van der Waals surface area contributed by atoms with Crippen molar-refractivity contribution in [2.45, 2.75) is 45.8 Å². The van der Waals surface area contributed by atoms with E-state index in [-0.39, 0.29) is 36.2 Å². The molecule has 3 rings (SSSR count). The van der Waals surface area contributed by atoms with E-state index >= 15 is 0 Å². The zero-order valence-corrected chi connectivity index (χ0v) is 21.4. The van der Waals surface area contributed by atoms with Gasteiger partial charge in [-0.3, -0.25) is 4.79 Å². The number of methoxy groups -OCH3 is 1. The number of hydrogen-bond acceptors (Lipinski definition) is 10. The van der Waals surface area contributed by atoms with Gasteiger partial charge in [-0.2, -0.15) is 0 Å². The lowest BCUT2D eigenvalue weighted by Crippen LogP contribution is -2.55. The van der Waals surface area contributed by atoms with Crippen molar-refractivity contribution < 1.29 is 23.9 Å². The molecule has 1 aliphatic rings. The van der Waals surface area contributed by atoms with Crippen LogP contribution < -0.4 is 10.2 Å². The number of oxime groups is 1. The molecule has 1 saturated heterocycles. The number of nitrogens with zero attached hydrogens (tertiary/aromatic N) is 4. The summed E-state index contributed by atoms with van der Waals surface area (Å²) in [5.41, 5.74) is 1.45. The third-order valence-electron chi connectivity index (χ3n) is 5.39. The number of anilines is 1. The average Bonchev–Trinajstić information content (AvgIpc) is 3.43. The minimum atomic E-state index is -0.514. The number of nitrogens with one attached hydrogen (secondary N) is 2. The Bertz CT molecular complexity index is 1050. The molecule has 1 amide bonds. The first-order valence-electron chi connectivity index (χ1n) is 10.9. The molecule has 2 aromatic heterocycles. The van der Waals surface area contributed by atoms with E-state index in [0.717, 1.165) is 0 Å². The fourth-order valence-electron chi connectivity index (χ4n) is 3.67. The van der Waals surface area contributed by atoms with Crippen molar-refractivity contribution in [3.05, 3.63) is 27.2 Å². The second kappa shape index (κ2) is 11.6. The molecule has 3 heterocycles. The first kappa shape index (κ1) is 25.9. The maximum atomic E-state index is 12.7. The molecule has 0 spiro atoms. The fraction of sp³-hybridized carbons (Fsp3) is 0.571. The number of rotatable bonds is 9. The first-order chi connectivity index (χ1) is 16.3. The van der Waals surface area contributed by atoms with Crippen LogP contribution in [0.25, 0.3) is 0 Å². The number of H-pyrrole nitrogens is 1. The zero-order chi connectivity index (χ0) is 24.8. The van der Waals surface area contributed by atoms with E-state index in [1.165, 1.54) is 18.4 Å². The highest BCUT2D eigenvalue weighted by atomic mass is 35.5. The Balaban J connectivity index is 1.76. The molecular weight excluding hydrogens is 484 g/mol. The Morgan fingerprint density at radius 1 is 1.32 bits per heavy atom. The van der Waals surface area contributed by atoms with Crippen molar-refractivity contribution in [2.75, 3.05) is 38.8 Å². The van der Waals surface area contributed by atoms with E-state index in [9.17, 15) is 9.59 Å². The summed E-state index contributed by atoms with van der Waals surface area (Å²) in [6, 6.07) is -0.233. The van der Waals surface area contributed by atoms with Crippen LogP contribution in [0.4, 0.5) is 5.13 Å². The molecule has 2 atom stereocenters. The van der Waals surface area contributed by atoms with Crippen molar-refractivity contribution in [1.29, 1.82) is 0 Å². The van der Waals surface area contributed by atoms with E-state index < -0.39 is 5.97 Å². The molecule has 0 radical (unpaired) electrons. The topological polar surface area (TPSA) is 131 Å². The molecule has 13 heteroatoms. The smallest absolute Gasteiger partial charge is 0.358 e. The zero-order valence-electron chi connectivity index (χ0n) is 19.8. The standard InChI is InChI=1S/C21H29ClN6O5S/c1-6-12-17(22)26-18(23-12)19(29)24-13-8-9-28(10-14(13)31-4)21-25-15(20(30)33-7-2)16(34-21)11(3)27-32-5/h13-14H,6-10H2,1-5H3,(H,23,26)(H,24,29)/t13-,14+/m1/s1. The number of hydrogen-bond donors (Lipinski definition) is 2. The summed E-state index contributed by atoms with van der Waals surface area (Å²) in [5.74, 6) is -0.676. The van der Waals surface area contributed by atoms with Gasteiger partial charge in [-0.15, -0.1) is 0 Å². The van der Waals surface area contributed by atoms with Crippen LogP contribution in [0.2, 0.25) is 5.15 Å². The molecule has 2 aromatic rings. The Kier molecular flexibility index (Phi) is 8.86. The Hall–Kier alpha value is -2.70. The molecule has 0 aromatic carbocycles. The predicted octanol–water partition coefficient (Wildman–Crippen LogP) is 2.65. The summed E-state index contributed by atoms with van der Waals surface area (Å²) in [6.45, 7) is 6.72. The number of ether oxygens (including phenoxy) is 2. The number of piperidine rings is 1. The minimum Gasteiger partial charge on any atom is -0.461 e. The van der Waals surface area contributed by atoms with Gasteiger partial charge in [0.15, 0.2) is 21.8 Å². The number of aromatic amines is 1. The van der Waals surface area contributed by atoms with E-state index in [4.69, 9.17) is 25.9 Å². The molecular formula is C21H29ClN6O5S. The van der Waals surface area contributed by atoms with Crippen LogP contribution >= 0.6 is 22.9 Å². The van der Waals surface area contributed by atoms with Gasteiger partial charge < -0.3 is 29.5 Å². The molecule has 2 N–H and O–H groups in total. The number of esters is 1. The van der Waals surface area contributed by atoms with Gasteiger partial charge >= 0.3 is 5.97 Å². The summed E-state index contributed by atoms with van der Waals surface area (Å²) in [7, 11) is 3.04. The van der Waals surface area contributed by atoms with Crippen LogP contribution in [-0.2, 0) is 20.7 Å². The van der Waals surface area contributed by atoms with Crippen LogP contribution in [0.5, 0.6) is 0 Å². The number of imidazole rings is 1. The summed E-state index contributed by atoms with van der Waals surface area (Å²) in [4.78, 5) is 44.3. The highest BCUT2D eigenvalue weighted by molar-refractivity contribution is 7.17. The predicted molar refractivity (Wildman–Crippen MR) is 129 cm³/mol. The van der Waals surface area contributed by atoms with Gasteiger partial charge in [-0.05, 0) is 26.7 Å². The molecule has 0 bridgehead atoms. The molecule has 0 aliphatic carbocycles. The third-order valence-corrected chi connectivity index (χ3v) is 6.92. The number of amides is 1. The quantitative estimate of drug-likeness (QED) is 0.298. The van der Waals surface area contributed by atoms with E-state index in [1.807, 2.05) is 11.8 Å². The van der Waals surface area contributed by atoms with Crippen molar-refractivity contribution in [3.8, 4) is 0 Å². The summed E-state index contributed by atoms with van der Waals surface area (Å²) in [6.07, 6.45) is 0.950. The molecule has 34 heavy (non-hydrogen) atoms. The van der Waals surface area contributed by atoms with Crippen LogP contribution in [-0.4, -0.2) is 78.6 Å². The third kappa shape index (κ3) is 5.68. The van der Waals surface area contributed by atoms with Crippen LogP contribution in [0.15, 0.2) is 5.16 Å². The Morgan fingerprint density at radius 3 is 2.71 bits per heavy atom. The Labute approximate surface area is 206 Å². The maximum Gasteiger partial charge on any atom is 0.358 e. The SMILES string of the molecule is CCOC(=O)c1nc(N2CC[C@@H](NC(=O)c3nc(Cl)c(CC)[nH]3)[C@@H](OC)C2)sc1C(C)=NOC. The first-order valence-corrected chi connectivity index (χ1v) is 12.1. The summed E-state index contributed by atoms with van der Waals surface area (Å²) >= 11 is 7.40. The van der Waals surface area contributed by atoms with Crippen molar-refractivity contribution in [1.82, 2.24) is 20.3 Å². The number of aromatic nitrogens is 3. The largest absolute Gasteiger partial charge is 0.461 e. The van der Waals surface area contributed by atoms with Crippen molar-refractivity contribution >= 4 is 45.7 Å². The maximum absolute atomic E-state index is 12.7. The lowest BCUT2D eigenvalue weighted by Gasteiger charge is -2.37. The van der Waals surface area contributed by atoms with Gasteiger partial charge in [-0.25, -0.2) is 14.8 Å². The van der Waals surface area contributed by atoms with Gasteiger partial charge in [0.1, 0.15) is 7.11 Å². The molecule has 1 aliphatic heterocycles. The van der Waals surface area contributed by atoms with Crippen LogP contribution in [0, 0.1) is 0 Å². The van der Waals surface area contributed by atoms with Crippen LogP contribution in [0.1, 0.15) is 58.9 Å². The monoisotopic (exact) mass is 512 g/mol. The molecule has 0 saturated carbocycles. The van der Waals surface area contributed by atoms with Gasteiger partial charge in [0, 0.05) is 20.2 Å². The lowest BCUT2D eigenvalue weighted by atomic mass is 10.0. The summed E-state index contributed by atoms with van der Waals surface area (Å²) in [5, 5.41) is 7.88.